The smallest absolute Gasteiger partial charge is 0.444 e. The molecule has 0 spiro atoms. The summed E-state index contributed by atoms with van der Waals surface area (Å²) < 4.78 is 26.7. The van der Waals surface area contributed by atoms with Crippen LogP contribution >= 0.6 is 0 Å². The number of ether oxygens (including phenoxy) is 1. The second-order valence-electron chi connectivity index (χ2n) is 4.41. The molecule has 9 heteroatoms. The molecule has 1 unspecified atom stereocenters. The molecule has 0 bridgehead atoms. The van der Waals surface area contributed by atoms with Crippen LogP contribution in [0.25, 0.3) is 0 Å². The number of carbonyl (C=O) groups excluding carboxylic acids is 1. The summed E-state index contributed by atoms with van der Waals surface area (Å²) in [4.78, 5) is 21.8. The molecule has 2 rings (SSSR count). The number of hydrogen-bond donors (Lipinski definition) is 0. The molecule has 2 aromatic rings. The first-order valence-corrected chi connectivity index (χ1v) is 8.31. The highest BCUT2D eigenvalue weighted by Crippen LogP contribution is 2.23. The Morgan fingerprint density at radius 2 is 1.79 bits per heavy atom. The van der Waals surface area contributed by atoms with E-state index in [1.54, 1.807) is 37.3 Å². The zero-order chi connectivity index (χ0) is 17.6. The van der Waals surface area contributed by atoms with Crippen molar-refractivity contribution in [2.75, 3.05) is 6.61 Å². The van der Waals surface area contributed by atoms with Crippen LogP contribution < -0.4 is 4.18 Å². The maximum atomic E-state index is 13.1. The number of benzene rings is 2. The Labute approximate surface area is 138 Å². The van der Waals surface area contributed by atoms with Gasteiger partial charge in [0, 0.05) is 12.1 Å². The van der Waals surface area contributed by atoms with Crippen molar-refractivity contribution in [2.45, 2.75) is 11.8 Å². The Hall–Kier alpha value is -2.94. The van der Waals surface area contributed by atoms with Gasteiger partial charge in [-0.05, 0) is 31.2 Å². The minimum atomic E-state index is -3.66. The molecule has 0 heterocycles. The zero-order valence-electron chi connectivity index (χ0n) is 12.7. The molecule has 126 valence electrons. The Morgan fingerprint density at radius 3 is 2.33 bits per heavy atom. The average Bonchev–Trinajstić information content (AvgIpc) is 2.56. The van der Waals surface area contributed by atoms with Crippen LogP contribution in [0.3, 0.4) is 0 Å². The second kappa shape index (κ2) is 7.55. The molecule has 0 aliphatic rings. The lowest BCUT2D eigenvalue weighted by Crippen LogP contribution is -2.13. The monoisotopic (exact) mass is 350 g/mol. The van der Waals surface area contributed by atoms with Gasteiger partial charge in [0.25, 0.3) is 5.69 Å². The lowest BCUT2D eigenvalue weighted by Gasteiger charge is -2.11. The number of para-hydroxylation sites is 1. The lowest BCUT2D eigenvalue weighted by atomic mass is 10.3. The van der Waals surface area contributed by atoms with Crippen molar-refractivity contribution in [1.29, 1.82) is 0 Å². The standard InChI is InChI=1S/C15H14N2O6S/c1-2-22-15(18)16-24(21,23-13-6-4-3-5-7-13)14-10-8-12(9-11-14)17(19)20/h3-11H,2H2,1H3. The second-order valence-corrected chi connectivity index (χ2v) is 6.18. The van der Waals surface area contributed by atoms with Gasteiger partial charge >= 0.3 is 6.09 Å². The van der Waals surface area contributed by atoms with E-state index in [0.717, 1.165) is 12.1 Å². The fraction of sp³-hybridized carbons (Fsp3) is 0.133. The van der Waals surface area contributed by atoms with Crippen LogP contribution in [-0.2, 0) is 14.7 Å². The van der Waals surface area contributed by atoms with E-state index in [9.17, 15) is 19.1 Å². The number of amides is 1. The van der Waals surface area contributed by atoms with Crippen LogP contribution in [-0.4, -0.2) is 21.8 Å². The normalized spacial score (nSPS) is 12.7. The molecule has 24 heavy (non-hydrogen) atoms. The van der Waals surface area contributed by atoms with E-state index in [1.165, 1.54) is 12.1 Å². The van der Waals surface area contributed by atoms with Gasteiger partial charge in [0.1, 0.15) is 5.75 Å². The van der Waals surface area contributed by atoms with Crippen molar-refractivity contribution in [3.63, 3.8) is 0 Å². The first kappa shape index (κ1) is 17.4. The summed E-state index contributed by atoms with van der Waals surface area (Å²) in [6, 6.07) is 12.9. The highest BCUT2D eigenvalue weighted by atomic mass is 32.2. The van der Waals surface area contributed by atoms with Gasteiger partial charge in [0.05, 0.1) is 16.4 Å². The number of nitro groups is 1. The minimum Gasteiger partial charge on any atom is -0.448 e. The molecule has 0 radical (unpaired) electrons. The molecule has 0 fully saturated rings. The molecule has 0 aromatic heterocycles. The summed E-state index contributed by atoms with van der Waals surface area (Å²) in [5.74, 6) is 0.230. The van der Waals surface area contributed by atoms with E-state index >= 15 is 0 Å². The summed E-state index contributed by atoms with van der Waals surface area (Å²) in [5.41, 5.74) is -0.184. The maximum Gasteiger partial charge on any atom is 0.444 e. The Balaban J connectivity index is 2.48. The molecule has 0 saturated heterocycles. The van der Waals surface area contributed by atoms with E-state index in [4.69, 9.17) is 4.18 Å². The molecule has 1 amide bonds. The molecular formula is C15H14N2O6S. The van der Waals surface area contributed by atoms with Crippen LogP contribution in [0.2, 0.25) is 0 Å². The van der Waals surface area contributed by atoms with Gasteiger partial charge < -0.3 is 8.92 Å². The van der Waals surface area contributed by atoms with Crippen molar-refractivity contribution in [2.24, 2.45) is 4.36 Å². The summed E-state index contributed by atoms with van der Waals surface area (Å²) in [6.07, 6.45) is -1.04. The molecule has 0 aliphatic carbocycles. The molecule has 0 saturated carbocycles. The third-order valence-electron chi connectivity index (χ3n) is 2.76. The topological polar surface area (TPSA) is 108 Å². The van der Waals surface area contributed by atoms with Crippen LogP contribution in [0, 0.1) is 10.1 Å². The molecule has 1 atom stereocenters. The number of rotatable bonds is 5. The third kappa shape index (κ3) is 4.29. The fourth-order valence-electron chi connectivity index (χ4n) is 1.71. The maximum absolute atomic E-state index is 13.1. The number of nitro benzene ring substituents is 1. The fourth-order valence-corrected chi connectivity index (χ4v) is 3.05. The van der Waals surface area contributed by atoms with Gasteiger partial charge in [-0.3, -0.25) is 10.1 Å². The number of nitrogens with zero attached hydrogens (tertiary/aromatic N) is 2. The van der Waals surface area contributed by atoms with Gasteiger partial charge in [0.15, 0.2) is 0 Å². The summed E-state index contributed by atoms with van der Waals surface area (Å²) in [6.45, 7) is 1.64. The van der Waals surface area contributed by atoms with E-state index in [0.29, 0.717) is 0 Å². The lowest BCUT2D eigenvalue weighted by molar-refractivity contribution is -0.384. The van der Waals surface area contributed by atoms with Crippen molar-refractivity contribution in [3.8, 4) is 5.75 Å². The Morgan fingerprint density at radius 1 is 1.17 bits per heavy atom. The van der Waals surface area contributed by atoms with Crippen LogP contribution in [0.1, 0.15) is 6.92 Å². The van der Waals surface area contributed by atoms with Gasteiger partial charge in [-0.2, -0.15) is 0 Å². The van der Waals surface area contributed by atoms with E-state index < -0.39 is 21.0 Å². The molecule has 2 aromatic carbocycles. The largest absolute Gasteiger partial charge is 0.448 e. The van der Waals surface area contributed by atoms with E-state index in [-0.39, 0.29) is 22.9 Å². The van der Waals surface area contributed by atoms with Crippen molar-refractivity contribution >= 4 is 21.8 Å². The average molecular weight is 350 g/mol. The number of hydrogen-bond acceptors (Lipinski definition) is 6. The quantitative estimate of drug-likeness (QED) is 0.602. The summed E-state index contributed by atoms with van der Waals surface area (Å²) in [5, 5.41) is 10.7. The predicted octanol–water partition coefficient (Wildman–Crippen LogP) is 3.57. The van der Waals surface area contributed by atoms with Crippen LogP contribution in [0.4, 0.5) is 10.5 Å². The van der Waals surface area contributed by atoms with Gasteiger partial charge in [0.2, 0.25) is 10.0 Å². The predicted molar refractivity (Wildman–Crippen MR) is 86.0 cm³/mol. The highest BCUT2D eigenvalue weighted by Gasteiger charge is 2.20. The molecule has 0 aliphatic heterocycles. The Kier molecular flexibility index (Phi) is 5.48. The number of non-ortho nitro benzene ring substituents is 1. The van der Waals surface area contributed by atoms with Crippen molar-refractivity contribution in [1.82, 2.24) is 0 Å². The first-order valence-electron chi connectivity index (χ1n) is 6.87. The van der Waals surface area contributed by atoms with Crippen LogP contribution in [0.15, 0.2) is 63.9 Å². The summed E-state index contributed by atoms with van der Waals surface area (Å²) >= 11 is 0. The number of carbonyl (C=O) groups is 1. The van der Waals surface area contributed by atoms with Crippen LogP contribution in [0.5, 0.6) is 5.75 Å². The first-order chi connectivity index (χ1) is 11.4. The van der Waals surface area contributed by atoms with Crippen molar-refractivity contribution in [3.05, 3.63) is 64.7 Å². The Bertz CT molecular complexity index is 842. The van der Waals surface area contributed by atoms with E-state index in [1.807, 2.05) is 0 Å². The highest BCUT2D eigenvalue weighted by molar-refractivity contribution is 7.89. The summed E-state index contributed by atoms with van der Waals surface area (Å²) in [7, 11) is -3.66. The van der Waals surface area contributed by atoms with E-state index in [2.05, 4.69) is 9.10 Å². The van der Waals surface area contributed by atoms with Crippen molar-refractivity contribution < 1.29 is 22.8 Å². The minimum absolute atomic E-state index is 0.0185. The SMILES string of the molecule is CCOC(=O)N=S(=O)(Oc1ccccc1)c1ccc([N+](=O)[O-])cc1. The zero-order valence-corrected chi connectivity index (χ0v) is 13.5. The molecule has 0 N–H and O–H groups in total. The molecular weight excluding hydrogens is 336 g/mol. The van der Waals surface area contributed by atoms with Gasteiger partial charge in [-0.25, -0.2) is 9.00 Å². The molecule has 8 nitrogen and oxygen atoms in total. The van der Waals surface area contributed by atoms with Gasteiger partial charge in [-0.15, -0.1) is 0 Å². The van der Waals surface area contributed by atoms with Gasteiger partial charge in [-0.1, -0.05) is 22.6 Å². The third-order valence-corrected chi connectivity index (χ3v) is 4.44.